The third-order valence-corrected chi connectivity index (χ3v) is 2.79. The Labute approximate surface area is 124 Å². The van der Waals surface area contributed by atoms with Gasteiger partial charge in [0, 0.05) is 5.56 Å². The van der Waals surface area contributed by atoms with Crippen molar-refractivity contribution in [2.75, 3.05) is 13.2 Å². The second kappa shape index (κ2) is 7.19. The predicted octanol–water partition coefficient (Wildman–Crippen LogP) is 2.56. The predicted molar refractivity (Wildman–Crippen MR) is 78.9 cm³/mol. The van der Waals surface area contributed by atoms with Gasteiger partial charge in [-0.2, -0.15) is 4.98 Å². The van der Waals surface area contributed by atoms with Crippen LogP contribution in [0.4, 0.5) is 0 Å². The van der Waals surface area contributed by atoms with E-state index in [1.54, 1.807) is 0 Å². The summed E-state index contributed by atoms with van der Waals surface area (Å²) < 4.78 is 16.1. The maximum atomic E-state index is 5.97. The third-order valence-electron chi connectivity index (χ3n) is 2.79. The molecule has 0 aliphatic carbocycles. The zero-order valence-corrected chi connectivity index (χ0v) is 12.6. The summed E-state index contributed by atoms with van der Waals surface area (Å²) in [5, 5.41) is 3.91. The number of hydrogen-bond donors (Lipinski definition) is 1. The summed E-state index contributed by atoms with van der Waals surface area (Å²) in [6.07, 6.45) is 0.119. The topological polar surface area (TPSA) is 83.4 Å². The van der Waals surface area contributed by atoms with E-state index >= 15 is 0 Å². The van der Waals surface area contributed by atoms with Gasteiger partial charge < -0.3 is 19.7 Å². The molecule has 21 heavy (non-hydrogen) atoms. The fourth-order valence-electron chi connectivity index (χ4n) is 1.73. The van der Waals surface area contributed by atoms with Crippen molar-refractivity contribution in [3.8, 4) is 17.2 Å². The van der Waals surface area contributed by atoms with Crippen LogP contribution in [0.5, 0.6) is 5.75 Å². The number of hydrogen-bond acceptors (Lipinski definition) is 6. The van der Waals surface area contributed by atoms with Crippen molar-refractivity contribution >= 4 is 0 Å². The third kappa shape index (κ3) is 4.27. The Morgan fingerprint density at radius 1 is 1.24 bits per heavy atom. The summed E-state index contributed by atoms with van der Waals surface area (Å²) in [6, 6.07) is 7.08. The summed E-state index contributed by atoms with van der Waals surface area (Å²) in [7, 11) is 0. The molecule has 2 rings (SSSR count). The average Bonchev–Trinajstić information content (AvgIpc) is 2.96. The zero-order chi connectivity index (χ0) is 15.2. The van der Waals surface area contributed by atoms with Crippen LogP contribution in [0, 0.1) is 0 Å². The Hall–Kier alpha value is -1.92. The Bertz CT molecular complexity index is 552. The molecule has 0 spiro atoms. The van der Waals surface area contributed by atoms with E-state index in [2.05, 4.69) is 10.1 Å². The highest BCUT2D eigenvalue weighted by atomic mass is 16.5. The number of nitrogens with two attached hydrogens (primary N) is 1. The lowest BCUT2D eigenvalue weighted by Crippen LogP contribution is -2.20. The molecule has 1 atom stereocenters. The van der Waals surface area contributed by atoms with Gasteiger partial charge in [-0.05, 0) is 45.0 Å². The van der Waals surface area contributed by atoms with Crippen LogP contribution in [0.3, 0.4) is 0 Å². The van der Waals surface area contributed by atoms with Gasteiger partial charge in [-0.15, -0.1) is 0 Å². The SMILES string of the molecule is CCOc1ccc(-c2nc(C(N)COC(C)C)no2)cc1. The normalized spacial score (nSPS) is 12.6. The molecule has 0 aliphatic heterocycles. The molecule has 0 bridgehead atoms. The second-order valence-electron chi connectivity index (χ2n) is 4.90. The molecule has 0 saturated carbocycles. The van der Waals surface area contributed by atoms with E-state index in [1.807, 2.05) is 45.0 Å². The number of benzene rings is 1. The molecule has 0 radical (unpaired) electrons. The first-order valence-corrected chi connectivity index (χ1v) is 7.04. The minimum Gasteiger partial charge on any atom is -0.494 e. The molecular formula is C15H21N3O3. The maximum Gasteiger partial charge on any atom is 0.257 e. The van der Waals surface area contributed by atoms with Gasteiger partial charge in [0.25, 0.3) is 5.89 Å². The van der Waals surface area contributed by atoms with Crippen molar-refractivity contribution in [3.05, 3.63) is 30.1 Å². The van der Waals surface area contributed by atoms with E-state index in [1.165, 1.54) is 0 Å². The van der Waals surface area contributed by atoms with E-state index in [0.717, 1.165) is 11.3 Å². The largest absolute Gasteiger partial charge is 0.494 e. The fourth-order valence-corrected chi connectivity index (χ4v) is 1.73. The average molecular weight is 291 g/mol. The van der Waals surface area contributed by atoms with Crippen molar-refractivity contribution in [1.29, 1.82) is 0 Å². The molecule has 2 N–H and O–H groups in total. The molecule has 6 heteroatoms. The van der Waals surface area contributed by atoms with Gasteiger partial charge in [-0.1, -0.05) is 5.16 Å². The van der Waals surface area contributed by atoms with Crippen LogP contribution in [0.2, 0.25) is 0 Å². The summed E-state index contributed by atoms with van der Waals surface area (Å²) in [5.41, 5.74) is 6.80. The van der Waals surface area contributed by atoms with Crippen LogP contribution in [0.15, 0.2) is 28.8 Å². The lowest BCUT2D eigenvalue weighted by Gasteiger charge is -2.10. The van der Waals surface area contributed by atoms with E-state index in [0.29, 0.717) is 24.9 Å². The standard InChI is InChI=1S/C15H21N3O3/c1-4-19-12-7-5-11(6-8-12)15-17-14(18-21-15)13(16)9-20-10(2)3/h5-8,10,13H,4,9,16H2,1-3H3. The van der Waals surface area contributed by atoms with Crippen LogP contribution in [-0.4, -0.2) is 29.5 Å². The molecule has 0 saturated heterocycles. The second-order valence-corrected chi connectivity index (χ2v) is 4.90. The summed E-state index contributed by atoms with van der Waals surface area (Å²) >= 11 is 0. The van der Waals surface area contributed by atoms with E-state index in [9.17, 15) is 0 Å². The van der Waals surface area contributed by atoms with Crippen LogP contribution < -0.4 is 10.5 Å². The molecular weight excluding hydrogens is 270 g/mol. The smallest absolute Gasteiger partial charge is 0.257 e. The van der Waals surface area contributed by atoms with Crippen LogP contribution in [0.1, 0.15) is 32.6 Å². The number of nitrogens with zero attached hydrogens (tertiary/aromatic N) is 2. The van der Waals surface area contributed by atoms with Crippen LogP contribution in [-0.2, 0) is 4.74 Å². The van der Waals surface area contributed by atoms with Crippen molar-refractivity contribution in [3.63, 3.8) is 0 Å². The van der Waals surface area contributed by atoms with Crippen LogP contribution >= 0.6 is 0 Å². The Kier molecular flexibility index (Phi) is 5.30. The van der Waals surface area contributed by atoms with Gasteiger partial charge in [-0.25, -0.2) is 0 Å². The first-order chi connectivity index (χ1) is 10.1. The van der Waals surface area contributed by atoms with Crippen molar-refractivity contribution < 1.29 is 14.0 Å². The maximum absolute atomic E-state index is 5.97. The monoisotopic (exact) mass is 291 g/mol. The van der Waals surface area contributed by atoms with E-state index < -0.39 is 6.04 Å². The van der Waals surface area contributed by atoms with Crippen molar-refractivity contribution in [1.82, 2.24) is 10.1 Å². The van der Waals surface area contributed by atoms with Gasteiger partial charge in [0.1, 0.15) is 5.75 Å². The molecule has 0 aliphatic rings. The quantitative estimate of drug-likeness (QED) is 0.844. The molecule has 1 heterocycles. The number of rotatable bonds is 7. The fraction of sp³-hybridized carbons (Fsp3) is 0.467. The highest BCUT2D eigenvalue weighted by Crippen LogP contribution is 2.22. The van der Waals surface area contributed by atoms with Gasteiger partial charge in [0.05, 0.1) is 25.4 Å². The van der Waals surface area contributed by atoms with E-state index in [-0.39, 0.29) is 6.10 Å². The van der Waals surface area contributed by atoms with Crippen molar-refractivity contribution in [2.24, 2.45) is 5.73 Å². The molecule has 0 fully saturated rings. The molecule has 2 aromatic rings. The highest BCUT2D eigenvalue weighted by Gasteiger charge is 2.16. The molecule has 114 valence electrons. The van der Waals surface area contributed by atoms with Gasteiger partial charge >= 0.3 is 0 Å². The minimum atomic E-state index is -0.396. The van der Waals surface area contributed by atoms with E-state index in [4.69, 9.17) is 19.7 Å². The number of aromatic nitrogens is 2. The molecule has 1 aromatic carbocycles. The van der Waals surface area contributed by atoms with Gasteiger partial charge in [0.2, 0.25) is 0 Å². The Balaban J connectivity index is 2.04. The Morgan fingerprint density at radius 2 is 1.95 bits per heavy atom. The Morgan fingerprint density at radius 3 is 2.57 bits per heavy atom. The van der Waals surface area contributed by atoms with Gasteiger partial charge in [-0.3, -0.25) is 0 Å². The summed E-state index contributed by atoms with van der Waals surface area (Å²) in [4.78, 5) is 4.31. The molecule has 1 unspecified atom stereocenters. The van der Waals surface area contributed by atoms with Crippen molar-refractivity contribution in [2.45, 2.75) is 32.9 Å². The first kappa shape index (κ1) is 15.5. The molecule has 1 aromatic heterocycles. The lowest BCUT2D eigenvalue weighted by molar-refractivity contribution is 0.0665. The highest BCUT2D eigenvalue weighted by molar-refractivity contribution is 5.54. The van der Waals surface area contributed by atoms with Crippen LogP contribution in [0.25, 0.3) is 11.5 Å². The van der Waals surface area contributed by atoms with Gasteiger partial charge in [0.15, 0.2) is 5.82 Å². The minimum absolute atomic E-state index is 0.119. The summed E-state index contributed by atoms with van der Waals surface area (Å²) in [6.45, 7) is 6.84. The zero-order valence-electron chi connectivity index (χ0n) is 12.6. The molecule has 6 nitrogen and oxygen atoms in total. The summed E-state index contributed by atoms with van der Waals surface area (Å²) in [5.74, 6) is 1.69. The molecule has 0 amide bonds. The lowest BCUT2D eigenvalue weighted by atomic mass is 10.2. The number of ether oxygens (including phenoxy) is 2. The first-order valence-electron chi connectivity index (χ1n) is 7.04.